The molecular formula is C17H25NO5S. The van der Waals surface area contributed by atoms with E-state index >= 15 is 0 Å². The summed E-state index contributed by atoms with van der Waals surface area (Å²) in [5, 5.41) is 0. The number of carbonyl (C=O) groups excluding carboxylic acids is 1. The maximum Gasteiger partial charge on any atom is 0.254 e. The van der Waals surface area contributed by atoms with Gasteiger partial charge in [0.1, 0.15) is 0 Å². The van der Waals surface area contributed by atoms with Crippen molar-refractivity contribution < 1.29 is 22.7 Å². The highest BCUT2D eigenvalue weighted by Gasteiger charge is 2.34. The lowest BCUT2D eigenvalue weighted by molar-refractivity contribution is 0.0708. The molecule has 1 atom stereocenters. The predicted octanol–water partition coefficient (Wildman–Crippen LogP) is 2.13. The number of hydrogen-bond acceptors (Lipinski definition) is 5. The fourth-order valence-electron chi connectivity index (χ4n) is 2.94. The molecule has 0 spiro atoms. The molecule has 24 heavy (non-hydrogen) atoms. The van der Waals surface area contributed by atoms with Crippen LogP contribution in [-0.2, 0) is 9.84 Å². The lowest BCUT2D eigenvalue weighted by Gasteiger charge is -2.27. The molecule has 2 rings (SSSR count). The first-order valence-electron chi connectivity index (χ1n) is 8.32. The van der Waals surface area contributed by atoms with Crippen molar-refractivity contribution in [2.75, 3.05) is 31.3 Å². The average molecular weight is 355 g/mol. The predicted molar refractivity (Wildman–Crippen MR) is 92.5 cm³/mol. The van der Waals surface area contributed by atoms with Gasteiger partial charge in [-0.3, -0.25) is 4.79 Å². The maximum atomic E-state index is 12.8. The number of hydrogen-bond donors (Lipinski definition) is 0. The van der Waals surface area contributed by atoms with Crippen LogP contribution in [0.5, 0.6) is 11.5 Å². The van der Waals surface area contributed by atoms with Crippen molar-refractivity contribution >= 4 is 15.7 Å². The Bertz CT molecular complexity index is 686. The molecular weight excluding hydrogens is 330 g/mol. The lowest BCUT2D eigenvalue weighted by atomic mass is 10.1. The molecule has 1 aliphatic rings. The summed E-state index contributed by atoms with van der Waals surface area (Å²) in [5.41, 5.74) is 0.480. The third-order valence-electron chi connectivity index (χ3n) is 4.04. The molecule has 1 aliphatic heterocycles. The summed E-state index contributed by atoms with van der Waals surface area (Å²) in [6.07, 6.45) is 0.497. The van der Waals surface area contributed by atoms with Crippen LogP contribution in [0.3, 0.4) is 0 Å². The molecule has 1 heterocycles. The highest BCUT2D eigenvalue weighted by molar-refractivity contribution is 7.91. The quantitative estimate of drug-likeness (QED) is 0.749. The molecule has 0 N–H and O–H groups in total. The molecule has 0 aromatic heterocycles. The van der Waals surface area contributed by atoms with Crippen molar-refractivity contribution in [1.29, 1.82) is 0 Å². The van der Waals surface area contributed by atoms with Crippen LogP contribution in [0.4, 0.5) is 0 Å². The van der Waals surface area contributed by atoms with E-state index in [1.165, 1.54) is 0 Å². The van der Waals surface area contributed by atoms with Gasteiger partial charge in [0.15, 0.2) is 21.3 Å². The van der Waals surface area contributed by atoms with Crippen LogP contribution in [0.2, 0.25) is 0 Å². The molecule has 0 unspecified atom stereocenters. The van der Waals surface area contributed by atoms with E-state index in [1.807, 2.05) is 20.8 Å². The van der Waals surface area contributed by atoms with Gasteiger partial charge in [-0.15, -0.1) is 0 Å². The van der Waals surface area contributed by atoms with E-state index in [-0.39, 0.29) is 23.5 Å². The van der Waals surface area contributed by atoms with Gasteiger partial charge in [0.05, 0.1) is 24.7 Å². The van der Waals surface area contributed by atoms with E-state index in [4.69, 9.17) is 9.47 Å². The number of benzene rings is 1. The van der Waals surface area contributed by atoms with E-state index in [0.717, 1.165) is 0 Å². The van der Waals surface area contributed by atoms with Crippen LogP contribution in [0.1, 0.15) is 37.6 Å². The highest BCUT2D eigenvalue weighted by atomic mass is 32.2. The Morgan fingerprint density at radius 3 is 2.38 bits per heavy atom. The van der Waals surface area contributed by atoms with Crippen LogP contribution in [0.15, 0.2) is 18.2 Å². The third kappa shape index (κ3) is 4.20. The first-order valence-corrected chi connectivity index (χ1v) is 10.1. The summed E-state index contributed by atoms with van der Waals surface area (Å²) < 4.78 is 34.5. The number of nitrogens with zero attached hydrogens (tertiary/aromatic N) is 1. The van der Waals surface area contributed by atoms with E-state index in [0.29, 0.717) is 43.2 Å². The zero-order valence-corrected chi connectivity index (χ0v) is 15.3. The molecule has 7 heteroatoms. The lowest BCUT2D eigenvalue weighted by Crippen LogP contribution is -2.41. The maximum absolute atomic E-state index is 12.8. The first-order chi connectivity index (χ1) is 11.4. The molecule has 0 aliphatic carbocycles. The van der Waals surface area contributed by atoms with Gasteiger partial charge in [-0.2, -0.15) is 0 Å². The minimum atomic E-state index is -3.04. The normalized spacial score (nSPS) is 19.0. The summed E-state index contributed by atoms with van der Waals surface area (Å²) in [7, 11) is -3.04. The smallest absolute Gasteiger partial charge is 0.254 e. The molecule has 1 saturated heterocycles. The standard InChI is InChI=1S/C17H25NO5S/c1-4-18(14-9-10-24(20,21)12-14)17(19)13-7-8-15(22-5-2)16(11-13)23-6-3/h7-8,11,14H,4-6,9-10,12H2,1-3H3/t14-/m1/s1. The zero-order valence-electron chi connectivity index (χ0n) is 14.4. The van der Waals surface area contributed by atoms with Gasteiger partial charge >= 0.3 is 0 Å². The first kappa shape index (κ1) is 18.6. The summed E-state index contributed by atoms with van der Waals surface area (Å²) in [5.74, 6) is 1.14. The van der Waals surface area contributed by atoms with E-state index in [2.05, 4.69) is 0 Å². The molecule has 6 nitrogen and oxygen atoms in total. The molecule has 1 fully saturated rings. The second kappa shape index (κ2) is 7.88. The van der Waals surface area contributed by atoms with Crippen molar-refractivity contribution in [3.8, 4) is 11.5 Å². The Balaban J connectivity index is 2.25. The third-order valence-corrected chi connectivity index (χ3v) is 5.79. The largest absolute Gasteiger partial charge is 0.490 e. The average Bonchev–Trinajstić information content (AvgIpc) is 2.90. The van der Waals surface area contributed by atoms with Crippen molar-refractivity contribution in [2.24, 2.45) is 0 Å². The van der Waals surface area contributed by atoms with Crippen molar-refractivity contribution in [3.05, 3.63) is 23.8 Å². The van der Waals surface area contributed by atoms with E-state index in [9.17, 15) is 13.2 Å². The Morgan fingerprint density at radius 2 is 1.83 bits per heavy atom. The van der Waals surface area contributed by atoms with Gasteiger partial charge in [0, 0.05) is 18.2 Å². The van der Waals surface area contributed by atoms with Crippen LogP contribution in [0, 0.1) is 0 Å². The Kier molecular flexibility index (Phi) is 6.10. The number of sulfone groups is 1. The molecule has 134 valence electrons. The van der Waals surface area contributed by atoms with Crippen LogP contribution in [-0.4, -0.2) is 56.5 Å². The Hall–Kier alpha value is -1.76. The number of amides is 1. The number of ether oxygens (including phenoxy) is 2. The number of rotatable bonds is 7. The van der Waals surface area contributed by atoms with Crippen molar-refractivity contribution in [1.82, 2.24) is 4.90 Å². The van der Waals surface area contributed by atoms with Gasteiger partial charge in [-0.05, 0) is 45.4 Å². The second-order valence-electron chi connectivity index (χ2n) is 5.68. The minimum absolute atomic E-state index is 0.0436. The fourth-order valence-corrected chi connectivity index (χ4v) is 4.67. The van der Waals surface area contributed by atoms with Crippen LogP contribution >= 0.6 is 0 Å². The van der Waals surface area contributed by atoms with Crippen molar-refractivity contribution in [2.45, 2.75) is 33.2 Å². The van der Waals surface area contributed by atoms with Gasteiger partial charge in [0.25, 0.3) is 5.91 Å². The number of carbonyl (C=O) groups is 1. The van der Waals surface area contributed by atoms with Gasteiger partial charge in [0.2, 0.25) is 0 Å². The van der Waals surface area contributed by atoms with Gasteiger partial charge in [-0.1, -0.05) is 0 Å². The van der Waals surface area contributed by atoms with Gasteiger partial charge < -0.3 is 14.4 Å². The van der Waals surface area contributed by atoms with Gasteiger partial charge in [-0.25, -0.2) is 8.42 Å². The van der Waals surface area contributed by atoms with Crippen molar-refractivity contribution in [3.63, 3.8) is 0 Å². The van der Waals surface area contributed by atoms with E-state index in [1.54, 1.807) is 23.1 Å². The minimum Gasteiger partial charge on any atom is -0.490 e. The summed E-state index contributed by atoms with van der Waals surface area (Å²) in [6.45, 7) is 7.06. The highest BCUT2D eigenvalue weighted by Crippen LogP contribution is 2.30. The fraction of sp³-hybridized carbons (Fsp3) is 0.588. The molecule has 0 saturated carbocycles. The topological polar surface area (TPSA) is 72.9 Å². The molecule has 1 amide bonds. The van der Waals surface area contributed by atoms with Crippen LogP contribution < -0.4 is 9.47 Å². The summed E-state index contributed by atoms with van der Waals surface area (Å²) >= 11 is 0. The molecule has 1 aromatic carbocycles. The molecule has 0 radical (unpaired) electrons. The Morgan fingerprint density at radius 1 is 1.17 bits per heavy atom. The summed E-state index contributed by atoms with van der Waals surface area (Å²) in [6, 6.07) is 4.83. The molecule has 0 bridgehead atoms. The van der Waals surface area contributed by atoms with Crippen LogP contribution in [0.25, 0.3) is 0 Å². The zero-order chi connectivity index (χ0) is 17.7. The SMILES string of the molecule is CCOc1ccc(C(=O)N(CC)[C@@H]2CCS(=O)(=O)C2)cc1OCC. The van der Waals surface area contributed by atoms with E-state index < -0.39 is 9.84 Å². The molecule has 1 aromatic rings. The second-order valence-corrected chi connectivity index (χ2v) is 7.90. The Labute approximate surface area is 143 Å². The monoisotopic (exact) mass is 355 g/mol. The summed E-state index contributed by atoms with van der Waals surface area (Å²) in [4.78, 5) is 14.5.